The van der Waals surface area contributed by atoms with E-state index in [1.165, 1.54) is 0 Å². The third-order valence-electron chi connectivity index (χ3n) is 12.3. The number of nitrogens with zero attached hydrogens (tertiary/aromatic N) is 4. The Morgan fingerprint density at radius 3 is 2.09 bits per heavy atom. The second-order valence-electron chi connectivity index (χ2n) is 17.0. The van der Waals surface area contributed by atoms with Crippen molar-refractivity contribution < 1.29 is 28.4 Å². The van der Waals surface area contributed by atoms with E-state index in [-0.39, 0.29) is 24.6 Å². The summed E-state index contributed by atoms with van der Waals surface area (Å²) in [7, 11) is 1.07. The summed E-state index contributed by atoms with van der Waals surface area (Å²) in [5.41, 5.74) is 3.34. The van der Waals surface area contributed by atoms with Crippen molar-refractivity contribution >= 4 is 36.1 Å². The molecule has 2 aromatic heterocycles. The van der Waals surface area contributed by atoms with Gasteiger partial charge in [-0.05, 0) is 113 Å². The third-order valence-corrected chi connectivity index (χ3v) is 14.2. The van der Waals surface area contributed by atoms with E-state index in [4.69, 9.17) is 28.5 Å². The minimum absolute atomic E-state index is 0.0172. The molecule has 1 saturated heterocycles. The lowest BCUT2D eigenvalue weighted by molar-refractivity contribution is -0.0807. The summed E-state index contributed by atoms with van der Waals surface area (Å²) in [5, 5.41) is 11.2. The number of methoxy groups -OCH3 is 2. The van der Waals surface area contributed by atoms with E-state index in [2.05, 4.69) is 48.0 Å². The molecule has 13 heteroatoms. The van der Waals surface area contributed by atoms with Crippen molar-refractivity contribution in [2.24, 2.45) is 0 Å². The highest BCUT2D eigenvalue weighted by Crippen LogP contribution is 2.50. The number of nitriles is 1. The van der Waals surface area contributed by atoms with Crippen molar-refractivity contribution in [3.63, 3.8) is 0 Å². The van der Waals surface area contributed by atoms with Gasteiger partial charge in [-0.3, -0.25) is 4.79 Å². The van der Waals surface area contributed by atoms with Crippen LogP contribution >= 0.6 is 8.53 Å². The molecule has 7 rings (SSSR count). The van der Waals surface area contributed by atoms with E-state index >= 15 is 0 Å². The molecule has 12 nitrogen and oxygen atoms in total. The molecule has 6 aromatic rings. The Hall–Kier alpha value is -5.38. The van der Waals surface area contributed by atoms with E-state index in [1.807, 2.05) is 123 Å². The van der Waals surface area contributed by atoms with Crippen LogP contribution in [0.25, 0.3) is 21.9 Å². The highest BCUT2D eigenvalue weighted by atomic mass is 31.2. The van der Waals surface area contributed by atoms with Crippen LogP contribution in [0.3, 0.4) is 0 Å². The summed E-state index contributed by atoms with van der Waals surface area (Å²) in [6.45, 7) is 14.1. The average molecular weight is 886 g/mol. The first-order valence-corrected chi connectivity index (χ1v) is 23.2. The third kappa shape index (κ3) is 9.67. The molecule has 1 unspecified atom stereocenters. The number of rotatable bonds is 19. The van der Waals surface area contributed by atoms with Crippen LogP contribution in [0.4, 0.5) is 5.69 Å². The number of pyridine rings is 2. The lowest BCUT2D eigenvalue weighted by Crippen LogP contribution is -2.45. The first-order valence-electron chi connectivity index (χ1n) is 22.0. The molecule has 0 aliphatic carbocycles. The van der Waals surface area contributed by atoms with Crippen molar-refractivity contribution in [2.75, 3.05) is 38.8 Å². The normalized spacial score (nSPS) is 17.2. The fraction of sp³-hybridized carbons (Fsp3) is 0.392. The molecule has 1 fully saturated rings. The van der Waals surface area contributed by atoms with Gasteiger partial charge >= 0.3 is 0 Å². The molecule has 1 aliphatic rings. The van der Waals surface area contributed by atoms with Crippen molar-refractivity contribution in [2.45, 2.75) is 96.3 Å². The van der Waals surface area contributed by atoms with E-state index < -0.39 is 38.0 Å². The van der Waals surface area contributed by atoms with Crippen molar-refractivity contribution in [3.8, 4) is 17.6 Å². The van der Waals surface area contributed by atoms with Crippen molar-refractivity contribution in [1.82, 2.24) is 14.6 Å². The molecule has 4 atom stereocenters. The van der Waals surface area contributed by atoms with Crippen LogP contribution in [0.5, 0.6) is 11.5 Å². The zero-order valence-electron chi connectivity index (χ0n) is 38.1. The Balaban J connectivity index is 1.30. The summed E-state index contributed by atoms with van der Waals surface area (Å²) in [6, 6.07) is 37.9. The Kier molecular flexibility index (Phi) is 14.7. The van der Waals surface area contributed by atoms with Gasteiger partial charge in [0.1, 0.15) is 28.9 Å². The maximum absolute atomic E-state index is 14.1. The minimum Gasteiger partial charge on any atom is -0.497 e. The van der Waals surface area contributed by atoms with E-state index in [1.54, 1.807) is 14.2 Å². The quantitative estimate of drug-likeness (QED) is 0.0456. The van der Waals surface area contributed by atoms with Crippen LogP contribution < -0.4 is 19.9 Å². The lowest BCUT2D eigenvalue weighted by Gasteiger charge is -2.43. The number of ether oxygens (including phenoxy) is 4. The molecule has 1 aliphatic heterocycles. The molecular weight excluding hydrogens is 826 g/mol. The minimum atomic E-state index is -2.20. The van der Waals surface area contributed by atoms with Crippen LogP contribution in [0, 0.1) is 11.3 Å². The number of nitrogens with one attached hydrogen (secondary N) is 1. The Bertz CT molecular complexity index is 2550. The highest BCUT2D eigenvalue weighted by Gasteiger charge is 2.46. The molecule has 0 saturated carbocycles. The van der Waals surface area contributed by atoms with Gasteiger partial charge in [-0.25, -0.2) is 9.65 Å². The van der Waals surface area contributed by atoms with Gasteiger partial charge in [0.05, 0.1) is 44.6 Å². The SMILES string of the molecule is CCN(CC)c1ccc2cc3cc([C@H]4C[C@@H](OP(O)N(C(C)C)C(C)(C)CCC#N)[C@@H](COC(c5ccccc5)(c5ccc(OC)cc5)c5ccc(OC)cc5)O4)c(=O)[nH]c3nc2c1. The lowest BCUT2D eigenvalue weighted by atomic mass is 9.80. The summed E-state index contributed by atoms with van der Waals surface area (Å²) in [4.78, 5) is 36.4. The van der Waals surface area contributed by atoms with Gasteiger partial charge in [-0.15, -0.1) is 0 Å². The number of H-pyrrole nitrogens is 1. The van der Waals surface area contributed by atoms with E-state index in [9.17, 15) is 14.9 Å². The first kappa shape index (κ1) is 46.6. The highest BCUT2D eigenvalue weighted by molar-refractivity contribution is 7.43. The van der Waals surface area contributed by atoms with Gasteiger partial charge in [0.15, 0.2) is 0 Å². The van der Waals surface area contributed by atoms with Gasteiger partial charge in [0, 0.05) is 59.5 Å². The van der Waals surface area contributed by atoms with E-state index in [0.29, 0.717) is 35.6 Å². The monoisotopic (exact) mass is 885 g/mol. The molecule has 64 heavy (non-hydrogen) atoms. The smallest absolute Gasteiger partial charge is 0.257 e. The molecule has 3 heterocycles. The second kappa shape index (κ2) is 20.2. The molecule has 0 radical (unpaired) electrons. The van der Waals surface area contributed by atoms with Crippen LogP contribution in [0.1, 0.15) is 89.2 Å². The number of hydrogen-bond donors (Lipinski definition) is 2. The van der Waals surface area contributed by atoms with E-state index in [0.717, 1.165) is 51.8 Å². The number of hydrogen-bond acceptors (Lipinski definition) is 11. The Morgan fingerprint density at radius 1 is 0.891 bits per heavy atom. The van der Waals surface area contributed by atoms with Gasteiger partial charge < -0.3 is 38.2 Å². The average Bonchev–Trinajstić information content (AvgIpc) is 3.70. The topological polar surface area (TPSA) is 142 Å². The number of fused-ring (bicyclic) bond motifs is 2. The maximum Gasteiger partial charge on any atom is 0.257 e. The number of benzene rings is 4. The van der Waals surface area contributed by atoms with Crippen molar-refractivity contribution in [3.05, 3.63) is 142 Å². The van der Waals surface area contributed by atoms with Crippen LogP contribution in [0.15, 0.2) is 114 Å². The summed E-state index contributed by atoms with van der Waals surface area (Å²) in [5.74, 6) is 1.40. The standard InChI is InChI=1S/C51H60N5O7P/c1-9-55(10-2)40-22-17-35-29-36-30-43(49(57)54-48(36)53-44(35)31-40)45-32-46(63-64(58)56(34(3)4)50(5,6)27-14-28-52)47(62-45)33-61-51(37-15-12-11-13-16-37,38-18-23-41(59-7)24-19-38)39-20-25-42(60-8)26-21-39/h11-13,15-26,29-31,34,45-47,58H,9-10,14,27,32-33H2,1-8H3,(H,53,54,57)/t45-,46-,47-,64?/m1/s1. The summed E-state index contributed by atoms with van der Waals surface area (Å²) < 4.78 is 34.0. The van der Waals surface area contributed by atoms with Crippen LogP contribution in [-0.4, -0.2) is 77.2 Å². The zero-order chi connectivity index (χ0) is 45.6. The molecule has 336 valence electrons. The number of anilines is 1. The van der Waals surface area contributed by atoms with Gasteiger partial charge in [-0.1, -0.05) is 60.7 Å². The van der Waals surface area contributed by atoms with Gasteiger partial charge in [0.25, 0.3) is 14.1 Å². The van der Waals surface area contributed by atoms with Crippen LogP contribution in [-0.2, 0) is 19.6 Å². The first-order chi connectivity index (χ1) is 30.8. The number of aromatic amines is 1. The molecule has 0 amide bonds. The molecule has 0 bridgehead atoms. The Morgan fingerprint density at radius 2 is 1.52 bits per heavy atom. The molecular formula is C51H60N5O7P. The zero-order valence-corrected chi connectivity index (χ0v) is 39.0. The molecule has 4 aromatic carbocycles. The molecule has 2 N–H and O–H groups in total. The maximum atomic E-state index is 14.1. The Labute approximate surface area is 377 Å². The summed E-state index contributed by atoms with van der Waals surface area (Å²) in [6.07, 6.45) is -1.00. The van der Waals surface area contributed by atoms with Gasteiger partial charge in [0.2, 0.25) is 0 Å². The fourth-order valence-electron chi connectivity index (χ4n) is 9.05. The summed E-state index contributed by atoms with van der Waals surface area (Å²) >= 11 is 0. The largest absolute Gasteiger partial charge is 0.497 e. The van der Waals surface area contributed by atoms with Gasteiger partial charge in [-0.2, -0.15) is 5.26 Å². The predicted octanol–water partition coefficient (Wildman–Crippen LogP) is 10.2. The fourth-order valence-corrected chi connectivity index (χ4v) is 10.6. The van der Waals surface area contributed by atoms with Crippen molar-refractivity contribution in [1.29, 1.82) is 5.26 Å². The second-order valence-corrected chi connectivity index (χ2v) is 18.2. The molecule has 0 spiro atoms. The van der Waals surface area contributed by atoms with Crippen LogP contribution in [0.2, 0.25) is 0 Å². The predicted molar refractivity (Wildman–Crippen MR) is 254 cm³/mol. The number of aromatic nitrogens is 2.